The number of aromatic amines is 1. The monoisotopic (exact) mass is 339 g/mol. The van der Waals surface area contributed by atoms with Crippen LogP contribution in [0.5, 0.6) is 0 Å². The fourth-order valence-corrected chi connectivity index (χ4v) is 3.59. The molecule has 1 aliphatic carbocycles. The molecule has 2 aromatic heterocycles. The number of nitrogens with one attached hydrogen (secondary N) is 2. The molecule has 0 radical (unpaired) electrons. The third kappa shape index (κ3) is 4.25. The molecule has 1 unspecified atom stereocenters. The fraction of sp³-hybridized carbons (Fsp3) is 0.526. The number of carbonyl (C=O) groups is 1. The van der Waals surface area contributed by atoms with E-state index in [2.05, 4.69) is 37.5 Å². The minimum atomic E-state index is -0.0607. The minimum absolute atomic E-state index is 0.0607. The lowest BCUT2D eigenvalue weighted by Gasteiger charge is -2.32. The average Bonchev–Trinajstić information content (AvgIpc) is 3.38. The molecule has 0 aromatic carbocycles. The summed E-state index contributed by atoms with van der Waals surface area (Å²) in [4.78, 5) is 18.8. The van der Waals surface area contributed by atoms with Crippen molar-refractivity contribution in [2.75, 3.05) is 19.6 Å². The molecular weight excluding hydrogens is 314 g/mol. The van der Waals surface area contributed by atoms with Crippen LogP contribution in [0.4, 0.5) is 0 Å². The van der Waals surface area contributed by atoms with E-state index < -0.39 is 0 Å². The van der Waals surface area contributed by atoms with Crippen LogP contribution in [0.3, 0.4) is 0 Å². The molecule has 2 aliphatic rings. The summed E-state index contributed by atoms with van der Waals surface area (Å²) in [7, 11) is 0. The van der Waals surface area contributed by atoms with Crippen molar-refractivity contribution in [3.8, 4) is 0 Å². The number of piperidine rings is 1. The number of hydrogen-bond donors (Lipinski definition) is 2. The van der Waals surface area contributed by atoms with Crippen molar-refractivity contribution in [3.63, 3.8) is 0 Å². The van der Waals surface area contributed by atoms with Crippen LogP contribution in [0, 0.1) is 5.92 Å². The van der Waals surface area contributed by atoms with Crippen molar-refractivity contribution < 1.29 is 4.79 Å². The highest BCUT2D eigenvalue weighted by atomic mass is 16.1. The van der Waals surface area contributed by atoms with Crippen molar-refractivity contribution in [3.05, 3.63) is 47.5 Å². The molecule has 1 saturated carbocycles. The first kappa shape index (κ1) is 16.3. The van der Waals surface area contributed by atoms with E-state index in [9.17, 15) is 4.79 Å². The molecule has 2 N–H and O–H groups in total. The second kappa shape index (κ2) is 7.35. The molecule has 1 aliphatic heterocycles. The van der Waals surface area contributed by atoms with Crippen LogP contribution in [0.1, 0.15) is 53.3 Å². The zero-order valence-electron chi connectivity index (χ0n) is 14.4. The van der Waals surface area contributed by atoms with Gasteiger partial charge in [0.1, 0.15) is 5.69 Å². The Kier molecular flexibility index (Phi) is 4.78. The number of nitrogens with zero attached hydrogens (tertiary/aromatic N) is 3. The van der Waals surface area contributed by atoms with Crippen LogP contribution >= 0.6 is 0 Å². The Morgan fingerprint density at radius 1 is 1.28 bits per heavy atom. The summed E-state index contributed by atoms with van der Waals surface area (Å²) in [6.45, 7) is 3.82. The van der Waals surface area contributed by atoms with E-state index >= 15 is 0 Å². The Labute approximate surface area is 148 Å². The molecular formula is C19H25N5O. The van der Waals surface area contributed by atoms with Gasteiger partial charge in [0.15, 0.2) is 0 Å². The van der Waals surface area contributed by atoms with Gasteiger partial charge in [0.25, 0.3) is 5.91 Å². The smallest absolute Gasteiger partial charge is 0.271 e. The summed E-state index contributed by atoms with van der Waals surface area (Å²) >= 11 is 0. The lowest BCUT2D eigenvalue weighted by Crippen LogP contribution is -2.40. The van der Waals surface area contributed by atoms with Crippen LogP contribution in [-0.2, 0) is 6.54 Å². The van der Waals surface area contributed by atoms with Gasteiger partial charge in [0, 0.05) is 43.6 Å². The number of rotatable bonds is 6. The summed E-state index contributed by atoms with van der Waals surface area (Å²) in [6, 6.07) is 6.05. The summed E-state index contributed by atoms with van der Waals surface area (Å²) < 4.78 is 0. The molecule has 132 valence electrons. The molecule has 1 saturated heterocycles. The van der Waals surface area contributed by atoms with E-state index in [1.54, 1.807) is 0 Å². The summed E-state index contributed by atoms with van der Waals surface area (Å²) in [5.74, 6) is 1.03. The molecule has 1 atom stereocenters. The molecule has 4 rings (SSSR count). The van der Waals surface area contributed by atoms with E-state index in [-0.39, 0.29) is 5.91 Å². The standard InChI is InChI=1S/C19H25N5O/c25-19(18-10-17(22-23-18)16-3-4-16)21-11-15-2-1-9-24(13-15)12-14-5-7-20-8-6-14/h5-8,10,15-16H,1-4,9,11-13H2,(H,21,25)(H,22,23). The number of hydrogen-bond acceptors (Lipinski definition) is 4. The number of aromatic nitrogens is 3. The highest BCUT2D eigenvalue weighted by Gasteiger charge is 2.27. The van der Waals surface area contributed by atoms with E-state index in [0.717, 1.165) is 31.9 Å². The first-order valence-electron chi connectivity index (χ1n) is 9.22. The van der Waals surface area contributed by atoms with Crippen LogP contribution < -0.4 is 5.32 Å². The van der Waals surface area contributed by atoms with Crippen molar-refractivity contribution in [2.24, 2.45) is 5.92 Å². The number of H-pyrrole nitrogens is 1. The first-order chi connectivity index (χ1) is 12.3. The molecule has 3 heterocycles. The van der Waals surface area contributed by atoms with Crippen molar-refractivity contribution in [1.82, 2.24) is 25.4 Å². The van der Waals surface area contributed by atoms with Crippen LogP contribution in [-0.4, -0.2) is 45.6 Å². The highest BCUT2D eigenvalue weighted by Crippen LogP contribution is 2.38. The molecule has 6 heteroatoms. The van der Waals surface area contributed by atoms with E-state index in [4.69, 9.17) is 0 Å². The molecule has 0 spiro atoms. The predicted molar refractivity (Wildman–Crippen MR) is 95.1 cm³/mol. The van der Waals surface area contributed by atoms with Crippen LogP contribution in [0.15, 0.2) is 30.6 Å². The Bertz CT molecular complexity index is 710. The summed E-state index contributed by atoms with van der Waals surface area (Å²) in [5, 5.41) is 10.2. The Hall–Kier alpha value is -2.21. The molecule has 25 heavy (non-hydrogen) atoms. The lowest BCUT2D eigenvalue weighted by atomic mass is 9.97. The van der Waals surface area contributed by atoms with Crippen molar-refractivity contribution in [1.29, 1.82) is 0 Å². The van der Waals surface area contributed by atoms with Gasteiger partial charge in [-0.15, -0.1) is 0 Å². The number of likely N-dealkylation sites (tertiary alicyclic amines) is 1. The highest BCUT2D eigenvalue weighted by molar-refractivity contribution is 5.92. The van der Waals surface area contributed by atoms with Gasteiger partial charge in [0.05, 0.1) is 0 Å². The van der Waals surface area contributed by atoms with Gasteiger partial charge < -0.3 is 5.32 Å². The number of carbonyl (C=O) groups excluding carboxylic acids is 1. The van der Waals surface area contributed by atoms with E-state index in [1.807, 2.05) is 18.5 Å². The maximum atomic E-state index is 12.3. The summed E-state index contributed by atoms with van der Waals surface area (Å²) in [6.07, 6.45) is 8.45. The van der Waals surface area contributed by atoms with Gasteiger partial charge in [-0.3, -0.25) is 19.8 Å². The second-order valence-corrected chi connectivity index (χ2v) is 7.29. The second-order valence-electron chi connectivity index (χ2n) is 7.29. The zero-order valence-corrected chi connectivity index (χ0v) is 14.4. The summed E-state index contributed by atoms with van der Waals surface area (Å²) in [5.41, 5.74) is 2.92. The topological polar surface area (TPSA) is 73.9 Å². The van der Waals surface area contributed by atoms with Crippen LogP contribution in [0.25, 0.3) is 0 Å². The zero-order chi connectivity index (χ0) is 17.1. The third-order valence-corrected chi connectivity index (χ3v) is 5.16. The maximum Gasteiger partial charge on any atom is 0.271 e. The Morgan fingerprint density at radius 2 is 2.12 bits per heavy atom. The average molecular weight is 339 g/mol. The fourth-order valence-electron chi connectivity index (χ4n) is 3.59. The molecule has 0 bridgehead atoms. The quantitative estimate of drug-likeness (QED) is 0.847. The largest absolute Gasteiger partial charge is 0.350 e. The van der Waals surface area contributed by atoms with Gasteiger partial charge in [-0.25, -0.2) is 0 Å². The first-order valence-corrected chi connectivity index (χ1v) is 9.22. The van der Waals surface area contributed by atoms with Gasteiger partial charge >= 0.3 is 0 Å². The molecule has 1 amide bonds. The van der Waals surface area contributed by atoms with Gasteiger partial charge in [0.2, 0.25) is 0 Å². The van der Waals surface area contributed by atoms with Gasteiger partial charge in [-0.05, 0) is 61.9 Å². The van der Waals surface area contributed by atoms with Gasteiger partial charge in [-0.1, -0.05) is 0 Å². The lowest BCUT2D eigenvalue weighted by molar-refractivity contribution is 0.0925. The van der Waals surface area contributed by atoms with Crippen LogP contribution in [0.2, 0.25) is 0 Å². The SMILES string of the molecule is O=C(NCC1CCCN(Cc2ccncc2)C1)c1cc(C2CC2)[nH]n1. The maximum absolute atomic E-state index is 12.3. The number of pyridine rings is 1. The third-order valence-electron chi connectivity index (χ3n) is 5.16. The molecule has 2 aromatic rings. The van der Waals surface area contributed by atoms with Crippen molar-refractivity contribution >= 4 is 5.91 Å². The predicted octanol–water partition coefficient (Wildman–Crippen LogP) is 2.32. The van der Waals surface area contributed by atoms with Crippen molar-refractivity contribution in [2.45, 2.75) is 38.1 Å². The van der Waals surface area contributed by atoms with E-state index in [0.29, 0.717) is 17.5 Å². The molecule has 6 nitrogen and oxygen atoms in total. The molecule has 2 fully saturated rings. The van der Waals surface area contributed by atoms with Gasteiger partial charge in [-0.2, -0.15) is 5.10 Å². The minimum Gasteiger partial charge on any atom is -0.350 e. The Balaban J connectivity index is 1.26. The number of amides is 1. The van der Waals surface area contributed by atoms with E-state index in [1.165, 1.54) is 31.2 Å². The Morgan fingerprint density at radius 3 is 2.92 bits per heavy atom. The normalized spacial score (nSPS) is 21.2.